The van der Waals surface area contributed by atoms with E-state index in [1.807, 2.05) is 6.92 Å². The first kappa shape index (κ1) is 20.2. The van der Waals surface area contributed by atoms with Crippen molar-refractivity contribution in [3.63, 3.8) is 0 Å². The number of amides is 1. The van der Waals surface area contributed by atoms with Gasteiger partial charge in [0.15, 0.2) is 18.1 Å². The third kappa shape index (κ3) is 6.29. The molecule has 0 heterocycles. The van der Waals surface area contributed by atoms with Gasteiger partial charge in [-0.1, -0.05) is 19.1 Å². The van der Waals surface area contributed by atoms with Crippen LogP contribution in [0.3, 0.4) is 0 Å². The number of benzene rings is 2. The van der Waals surface area contributed by atoms with Crippen LogP contribution in [0.1, 0.15) is 29.3 Å². The van der Waals surface area contributed by atoms with Crippen LogP contribution in [-0.2, 0) is 16.1 Å². The molecule has 2 aromatic rings. The minimum absolute atomic E-state index is 0.216. The molecular formula is C20H22FNO5. The van der Waals surface area contributed by atoms with Gasteiger partial charge in [0, 0.05) is 6.54 Å². The molecule has 1 N–H and O–H groups in total. The average molecular weight is 375 g/mol. The Morgan fingerprint density at radius 3 is 2.48 bits per heavy atom. The van der Waals surface area contributed by atoms with E-state index in [2.05, 4.69) is 5.32 Å². The Morgan fingerprint density at radius 2 is 1.81 bits per heavy atom. The van der Waals surface area contributed by atoms with Crippen LogP contribution < -0.4 is 14.8 Å². The van der Waals surface area contributed by atoms with E-state index in [1.165, 1.54) is 25.3 Å². The van der Waals surface area contributed by atoms with E-state index < -0.39 is 18.5 Å². The Bertz CT molecular complexity index is 776. The number of carbonyl (C=O) groups is 2. The maximum Gasteiger partial charge on any atom is 0.338 e. The molecule has 144 valence electrons. The quantitative estimate of drug-likeness (QED) is 0.682. The predicted molar refractivity (Wildman–Crippen MR) is 97.3 cm³/mol. The van der Waals surface area contributed by atoms with Crippen LogP contribution >= 0.6 is 0 Å². The molecule has 0 fully saturated rings. The van der Waals surface area contributed by atoms with Gasteiger partial charge in [0.2, 0.25) is 0 Å². The van der Waals surface area contributed by atoms with Crippen molar-refractivity contribution in [1.29, 1.82) is 0 Å². The first-order chi connectivity index (χ1) is 13.0. The molecule has 0 aliphatic carbocycles. The van der Waals surface area contributed by atoms with Crippen LogP contribution in [0.4, 0.5) is 4.39 Å². The minimum atomic E-state index is -0.646. The van der Waals surface area contributed by atoms with Crippen molar-refractivity contribution in [3.05, 3.63) is 59.4 Å². The number of hydrogen-bond donors (Lipinski definition) is 1. The largest absolute Gasteiger partial charge is 0.493 e. The zero-order valence-corrected chi connectivity index (χ0v) is 15.3. The maximum absolute atomic E-state index is 12.8. The number of rotatable bonds is 9. The Balaban J connectivity index is 1.85. The molecule has 0 saturated carbocycles. The van der Waals surface area contributed by atoms with Crippen molar-refractivity contribution < 1.29 is 28.2 Å². The standard InChI is InChI=1S/C20H22FNO5/c1-3-10-26-17-9-6-15(11-18(17)25-2)20(24)27-13-19(23)22-12-14-4-7-16(21)8-5-14/h4-9,11H,3,10,12-13H2,1-2H3,(H,22,23). The number of esters is 1. The summed E-state index contributed by atoms with van der Waals surface area (Å²) in [5.74, 6) is -0.498. The highest BCUT2D eigenvalue weighted by Crippen LogP contribution is 2.28. The van der Waals surface area contributed by atoms with Gasteiger partial charge >= 0.3 is 5.97 Å². The Morgan fingerprint density at radius 1 is 1.07 bits per heavy atom. The first-order valence-electron chi connectivity index (χ1n) is 8.52. The van der Waals surface area contributed by atoms with E-state index in [4.69, 9.17) is 14.2 Å². The van der Waals surface area contributed by atoms with Crippen molar-refractivity contribution in [2.24, 2.45) is 0 Å². The van der Waals surface area contributed by atoms with Gasteiger partial charge in [-0.2, -0.15) is 0 Å². The zero-order valence-electron chi connectivity index (χ0n) is 15.3. The summed E-state index contributed by atoms with van der Waals surface area (Å²) in [7, 11) is 1.48. The topological polar surface area (TPSA) is 73.9 Å². The smallest absolute Gasteiger partial charge is 0.338 e. The van der Waals surface area contributed by atoms with Crippen LogP contribution in [0.2, 0.25) is 0 Å². The molecule has 2 aromatic carbocycles. The predicted octanol–water partition coefficient (Wildman–Crippen LogP) is 3.10. The van der Waals surface area contributed by atoms with Gasteiger partial charge < -0.3 is 19.5 Å². The van der Waals surface area contributed by atoms with Gasteiger partial charge in [-0.15, -0.1) is 0 Å². The number of carbonyl (C=O) groups excluding carboxylic acids is 2. The number of nitrogens with one attached hydrogen (secondary N) is 1. The van der Waals surface area contributed by atoms with Crippen LogP contribution in [0.15, 0.2) is 42.5 Å². The van der Waals surface area contributed by atoms with Gasteiger partial charge in [-0.3, -0.25) is 4.79 Å². The fourth-order valence-corrected chi connectivity index (χ4v) is 2.19. The van der Waals surface area contributed by atoms with Crippen molar-refractivity contribution in [2.45, 2.75) is 19.9 Å². The van der Waals surface area contributed by atoms with E-state index in [0.29, 0.717) is 18.1 Å². The van der Waals surface area contributed by atoms with E-state index in [9.17, 15) is 14.0 Å². The lowest BCUT2D eigenvalue weighted by Gasteiger charge is -2.11. The van der Waals surface area contributed by atoms with Gasteiger partial charge in [0.05, 0.1) is 19.3 Å². The fraction of sp³-hybridized carbons (Fsp3) is 0.300. The molecule has 0 unspecified atom stereocenters. The molecule has 27 heavy (non-hydrogen) atoms. The number of hydrogen-bond acceptors (Lipinski definition) is 5. The molecule has 0 aliphatic heterocycles. The molecule has 2 rings (SSSR count). The van der Waals surface area contributed by atoms with Crippen LogP contribution in [0.5, 0.6) is 11.5 Å². The lowest BCUT2D eigenvalue weighted by Crippen LogP contribution is -2.28. The summed E-state index contributed by atoms with van der Waals surface area (Å²) in [6.45, 7) is 2.32. The van der Waals surface area contributed by atoms with Gasteiger partial charge in [0.25, 0.3) is 5.91 Å². The minimum Gasteiger partial charge on any atom is -0.493 e. The number of halogens is 1. The zero-order chi connectivity index (χ0) is 19.6. The molecule has 0 radical (unpaired) electrons. The summed E-state index contributed by atoms with van der Waals surface area (Å²) in [5.41, 5.74) is 0.991. The van der Waals surface area contributed by atoms with Crippen LogP contribution in [-0.4, -0.2) is 32.2 Å². The monoisotopic (exact) mass is 375 g/mol. The Kier molecular flexibility index (Phi) is 7.61. The lowest BCUT2D eigenvalue weighted by atomic mass is 10.2. The second-order valence-corrected chi connectivity index (χ2v) is 5.69. The second kappa shape index (κ2) is 10.2. The van der Waals surface area contributed by atoms with Crippen LogP contribution in [0, 0.1) is 5.82 Å². The summed E-state index contributed by atoms with van der Waals surface area (Å²) in [5, 5.41) is 2.60. The Labute approximate surface area is 157 Å². The summed E-state index contributed by atoms with van der Waals surface area (Å²) in [6.07, 6.45) is 0.847. The normalized spacial score (nSPS) is 10.2. The molecule has 0 spiro atoms. The second-order valence-electron chi connectivity index (χ2n) is 5.69. The molecule has 1 amide bonds. The Hall–Kier alpha value is -3.09. The molecule has 0 atom stereocenters. The van der Waals surface area contributed by atoms with E-state index in [0.717, 1.165) is 12.0 Å². The highest BCUT2D eigenvalue weighted by Gasteiger charge is 2.14. The summed E-state index contributed by atoms with van der Waals surface area (Å²) in [4.78, 5) is 23.9. The van der Waals surface area contributed by atoms with Crippen LogP contribution in [0.25, 0.3) is 0 Å². The molecule has 0 bridgehead atoms. The van der Waals surface area contributed by atoms with Crippen molar-refractivity contribution >= 4 is 11.9 Å². The number of methoxy groups -OCH3 is 1. The summed E-state index contributed by atoms with van der Waals surface area (Å²) < 4.78 is 28.6. The average Bonchev–Trinajstić information content (AvgIpc) is 2.69. The highest BCUT2D eigenvalue weighted by atomic mass is 19.1. The fourth-order valence-electron chi connectivity index (χ4n) is 2.19. The number of ether oxygens (including phenoxy) is 3. The van der Waals surface area contributed by atoms with Crippen molar-refractivity contribution in [2.75, 3.05) is 20.3 Å². The third-order valence-electron chi connectivity index (χ3n) is 3.60. The van der Waals surface area contributed by atoms with Gasteiger partial charge in [0.1, 0.15) is 5.82 Å². The molecule has 0 aliphatic rings. The summed E-state index contributed by atoms with van der Waals surface area (Å²) >= 11 is 0. The van der Waals surface area contributed by atoms with E-state index >= 15 is 0 Å². The summed E-state index contributed by atoms with van der Waals surface area (Å²) in [6, 6.07) is 10.4. The first-order valence-corrected chi connectivity index (χ1v) is 8.52. The van der Waals surface area contributed by atoms with E-state index in [-0.39, 0.29) is 17.9 Å². The molecule has 7 heteroatoms. The molecule has 6 nitrogen and oxygen atoms in total. The highest BCUT2D eigenvalue weighted by molar-refractivity contribution is 5.92. The third-order valence-corrected chi connectivity index (χ3v) is 3.60. The van der Waals surface area contributed by atoms with Gasteiger partial charge in [-0.05, 0) is 42.3 Å². The van der Waals surface area contributed by atoms with Crippen molar-refractivity contribution in [3.8, 4) is 11.5 Å². The van der Waals surface area contributed by atoms with Crippen molar-refractivity contribution in [1.82, 2.24) is 5.32 Å². The SMILES string of the molecule is CCCOc1ccc(C(=O)OCC(=O)NCc2ccc(F)cc2)cc1OC. The van der Waals surface area contributed by atoms with Gasteiger partial charge in [-0.25, -0.2) is 9.18 Å². The molecular weight excluding hydrogens is 353 g/mol. The lowest BCUT2D eigenvalue weighted by molar-refractivity contribution is -0.124. The molecule has 0 aromatic heterocycles. The maximum atomic E-state index is 12.8. The van der Waals surface area contributed by atoms with E-state index in [1.54, 1.807) is 24.3 Å². The molecule has 0 saturated heterocycles.